The third kappa shape index (κ3) is 3.78. The number of nitrogens with zero attached hydrogens (tertiary/aromatic N) is 4. The number of pyridine rings is 1. The highest BCUT2D eigenvalue weighted by Crippen LogP contribution is 2.25. The van der Waals surface area contributed by atoms with Gasteiger partial charge in [-0.05, 0) is 26.0 Å². The lowest BCUT2D eigenvalue weighted by atomic mass is 10.0. The van der Waals surface area contributed by atoms with E-state index in [2.05, 4.69) is 34.2 Å². The molecule has 0 saturated carbocycles. The zero-order valence-corrected chi connectivity index (χ0v) is 12.9. The predicted octanol–water partition coefficient (Wildman–Crippen LogP) is 1.99. The lowest BCUT2D eigenvalue weighted by molar-refractivity contribution is 0.380. The Labute approximate surface area is 125 Å². The summed E-state index contributed by atoms with van der Waals surface area (Å²) in [6.45, 7) is 5.97. The van der Waals surface area contributed by atoms with E-state index >= 15 is 0 Å². The van der Waals surface area contributed by atoms with Crippen molar-refractivity contribution in [1.29, 1.82) is 0 Å². The molecule has 0 saturated heterocycles. The number of hydrogen-bond donors (Lipinski definition) is 1. The number of aryl methyl sites for hydroxylation is 1. The van der Waals surface area contributed by atoms with Gasteiger partial charge < -0.3 is 10.1 Å². The Hall–Kier alpha value is -1.95. The minimum absolute atomic E-state index is 0.114. The van der Waals surface area contributed by atoms with Gasteiger partial charge in [-0.25, -0.2) is 9.97 Å². The smallest absolute Gasteiger partial charge is 0.217 e. The van der Waals surface area contributed by atoms with Crippen LogP contribution in [0.25, 0.3) is 0 Å². The quantitative estimate of drug-likeness (QED) is 0.805. The van der Waals surface area contributed by atoms with Crippen LogP contribution in [0.5, 0.6) is 5.88 Å². The van der Waals surface area contributed by atoms with E-state index in [0.29, 0.717) is 5.88 Å². The van der Waals surface area contributed by atoms with Crippen molar-refractivity contribution in [3.05, 3.63) is 36.0 Å². The van der Waals surface area contributed by atoms with Crippen molar-refractivity contribution >= 4 is 0 Å². The van der Waals surface area contributed by atoms with E-state index in [9.17, 15) is 0 Å². The summed E-state index contributed by atoms with van der Waals surface area (Å²) in [7, 11) is 1.65. The first kappa shape index (κ1) is 15.4. The maximum absolute atomic E-state index is 5.39. The molecular formula is C15H23N5O. The summed E-state index contributed by atoms with van der Waals surface area (Å²) in [5.74, 6) is 1.63. The molecule has 0 aliphatic carbocycles. The largest absolute Gasteiger partial charge is 0.481 e. The highest BCUT2D eigenvalue weighted by molar-refractivity contribution is 5.29. The fourth-order valence-corrected chi connectivity index (χ4v) is 2.34. The molecule has 2 rings (SSSR count). The Morgan fingerprint density at radius 1 is 1.33 bits per heavy atom. The van der Waals surface area contributed by atoms with Crippen molar-refractivity contribution in [1.82, 2.24) is 25.1 Å². The lowest BCUT2D eigenvalue weighted by Crippen LogP contribution is -2.26. The highest BCUT2D eigenvalue weighted by atomic mass is 16.5. The van der Waals surface area contributed by atoms with Crippen molar-refractivity contribution in [3.8, 4) is 5.88 Å². The van der Waals surface area contributed by atoms with E-state index in [0.717, 1.165) is 37.3 Å². The fraction of sp³-hybridized carbons (Fsp3) is 0.533. The number of rotatable bonds is 8. The summed E-state index contributed by atoms with van der Waals surface area (Å²) < 4.78 is 7.31. The van der Waals surface area contributed by atoms with Crippen LogP contribution in [0.3, 0.4) is 0 Å². The molecule has 2 aromatic heterocycles. The molecule has 0 amide bonds. The van der Waals surface area contributed by atoms with Gasteiger partial charge in [0.05, 0.1) is 7.11 Å². The van der Waals surface area contributed by atoms with E-state index < -0.39 is 0 Å². The first-order chi connectivity index (χ1) is 10.3. The monoisotopic (exact) mass is 289 g/mol. The Morgan fingerprint density at radius 2 is 2.19 bits per heavy atom. The van der Waals surface area contributed by atoms with Gasteiger partial charge in [0.1, 0.15) is 12.2 Å². The molecule has 2 heterocycles. The zero-order valence-electron chi connectivity index (χ0n) is 12.9. The molecule has 2 aromatic rings. The molecule has 6 heteroatoms. The first-order valence-corrected chi connectivity index (χ1v) is 7.39. The summed E-state index contributed by atoms with van der Waals surface area (Å²) >= 11 is 0. The molecule has 0 fully saturated rings. The third-order valence-corrected chi connectivity index (χ3v) is 3.39. The maximum atomic E-state index is 5.39. The average Bonchev–Trinajstić information content (AvgIpc) is 2.98. The van der Waals surface area contributed by atoms with Crippen LogP contribution in [-0.2, 0) is 13.0 Å². The van der Waals surface area contributed by atoms with Crippen molar-refractivity contribution in [3.63, 3.8) is 0 Å². The molecular weight excluding hydrogens is 266 g/mol. The molecule has 114 valence electrons. The van der Waals surface area contributed by atoms with Crippen LogP contribution >= 0.6 is 0 Å². The molecule has 0 aromatic carbocycles. The standard InChI is InChI=1S/C15H23N5O/c1-4-8-16-13(10-14-18-11-19-20(14)5-2)12-7-6-9-17-15(12)21-3/h6-7,9,11,13,16H,4-5,8,10H2,1-3H3. The normalized spacial score (nSPS) is 12.3. The minimum atomic E-state index is 0.114. The molecule has 1 unspecified atom stereocenters. The number of hydrogen-bond acceptors (Lipinski definition) is 5. The van der Waals surface area contributed by atoms with Crippen molar-refractivity contribution in [2.24, 2.45) is 0 Å². The van der Waals surface area contributed by atoms with Gasteiger partial charge in [0.2, 0.25) is 5.88 Å². The van der Waals surface area contributed by atoms with E-state index in [1.807, 2.05) is 16.8 Å². The van der Waals surface area contributed by atoms with Crippen LogP contribution in [0.4, 0.5) is 0 Å². The third-order valence-electron chi connectivity index (χ3n) is 3.39. The van der Waals surface area contributed by atoms with Crippen molar-refractivity contribution < 1.29 is 4.74 Å². The topological polar surface area (TPSA) is 64.9 Å². The van der Waals surface area contributed by atoms with Crippen molar-refractivity contribution in [2.45, 2.75) is 39.3 Å². The van der Waals surface area contributed by atoms with E-state index in [1.54, 1.807) is 19.6 Å². The SMILES string of the molecule is CCCNC(Cc1ncnn1CC)c1cccnc1OC. The average molecular weight is 289 g/mol. The first-order valence-electron chi connectivity index (χ1n) is 7.39. The number of ether oxygens (including phenoxy) is 1. The fourth-order valence-electron chi connectivity index (χ4n) is 2.34. The number of nitrogens with one attached hydrogen (secondary N) is 1. The number of methoxy groups -OCH3 is 1. The summed E-state index contributed by atoms with van der Waals surface area (Å²) in [6, 6.07) is 4.09. The molecule has 0 aliphatic heterocycles. The van der Waals surface area contributed by atoms with Crippen LogP contribution in [0.1, 0.15) is 37.7 Å². The molecule has 0 aliphatic rings. The molecule has 21 heavy (non-hydrogen) atoms. The van der Waals surface area contributed by atoms with E-state index in [4.69, 9.17) is 4.74 Å². The van der Waals surface area contributed by atoms with Gasteiger partial charge >= 0.3 is 0 Å². The lowest BCUT2D eigenvalue weighted by Gasteiger charge is -2.20. The Balaban J connectivity index is 2.25. The van der Waals surface area contributed by atoms with Crippen molar-refractivity contribution in [2.75, 3.05) is 13.7 Å². The minimum Gasteiger partial charge on any atom is -0.481 e. The predicted molar refractivity (Wildman–Crippen MR) is 81.2 cm³/mol. The molecule has 0 radical (unpaired) electrons. The Morgan fingerprint density at radius 3 is 2.90 bits per heavy atom. The van der Waals surface area contributed by atoms with E-state index in [-0.39, 0.29) is 6.04 Å². The summed E-state index contributed by atoms with van der Waals surface area (Å²) in [6.07, 6.45) is 5.18. The molecule has 1 N–H and O–H groups in total. The van der Waals surface area contributed by atoms with Crippen LogP contribution in [0.2, 0.25) is 0 Å². The van der Waals surface area contributed by atoms with Gasteiger partial charge in [-0.3, -0.25) is 4.68 Å². The van der Waals surface area contributed by atoms with Crippen LogP contribution in [-0.4, -0.2) is 33.4 Å². The molecule has 6 nitrogen and oxygen atoms in total. The summed E-state index contributed by atoms with van der Waals surface area (Å²) in [5.41, 5.74) is 1.05. The van der Waals surface area contributed by atoms with Crippen LogP contribution in [0, 0.1) is 0 Å². The zero-order chi connectivity index (χ0) is 15.1. The summed E-state index contributed by atoms with van der Waals surface area (Å²) in [5, 5.41) is 7.78. The number of aromatic nitrogens is 4. The van der Waals surface area contributed by atoms with Gasteiger partial charge in [0, 0.05) is 30.8 Å². The van der Waals surface area contributed by atoms with Gasteiger partial charge in [-0.1, -0.05) is 13.0 Å². The van der Waals surface area contributed by atoms with Gasteiger partial charge in [0.15, 0.2) is 0 Å². The second kappa shape index (κ2) is 7.73. The molecule has 1 atom stereocenters. The Kier molecular flexibility index (Phi) is 5.68. The van der Waals surface area contributed by atoms with Crippen LogP contribution in [0.15, 0.2) is 24.7 Å². The van der Waals surface area contributed by atoms with E-state index in [1.165, 1.54) is 0 Å². The van der Waals surface area contributed by atoms with Gasteiger partial charge in [-0.2, -0.15) is 5.10 Å². The second-order valence-electron chi connectivity index (χ2n) is 4.80. The molecule has 0 bridgehead atoms. The summed E-state index contributed by atoms with van der Waals surface area (Å²) in [4.78, 5) is 8.66. The molecule has 0 spiro atoms. The van der Waals surface area contributed by atoms with Gasteiger partial charge in [-0.15, -0.1) is 0 Å². The van der Waals surface area contributed by atoms with Crippen LogP contribution < -0.4 is 10.1 Å². The maximum Gasteiger partial charge on any atom is 0.217 e. The Bertz CT molecular complexity index is 555. The second-order valence-corrected chi connectivity index (χ2v) is 4.80. The highest BCUT2D eigenvalue weighted by Gasteiger charge is 2.19. The van der Waals surface area contributed by atoms with Gasteiger partial charge in [0.25, 0.3) is 0 Å².